The maximum Gasteiger partial charge on any atom is 0.510 e. The van der Waals surface area contributed by atoms with Crippen LogP contribution in [-0.4, -0.2) is 220 Å². The topological polar surface area (TPSA) is 399 Å². The van der Waals surface area contributed by atoms with Crippen LogP contribution in [0.1, 0.15) is 163 Å². The van der Waals surface area contributed by atoms with Crippen LogP contribution in [0.3, 0.4) is 0 Å². The number of amides is 4. The molecule has 32 nitrogen and oxygen atoms in total. The average molecular weight is 1620 g/mol. The standard InChI is InChI=1S/C43H73N7O11S.C39H43N5O9/c1-53-38-42(52)44-16-6-18-54-19-7-20-55-21-8-22-56-23-9-24-57-25-10-26-58-27-11-28-59-29-12-30-60-31-13-32-61-33-17-50-37-40(48-49-50)36-45-41(51)15-5-3-4-14-39-34-46-43(62-2)47-35-39;1-4-25-26-17-24(45)14-15-30(26)43-34-27(25)19-44-32(34)18-29-28(36(44)48)21-51-37(49)39(29,6-3)53-38(50)52-20-22-10-12-23(13-11-22)41-35(47)31(9-7-8-16-40)42-33(46)5-2/h34-35,37H,3,5-13,15-33,36,38H2,1-2H3,(H,44,52)(H,45,51);10-15,17-18,31,45H,4-9,16,19-21,40H2,1-3H3,(H,41,47)(H,42,46)/t;31-,39-/m.0/s1. The summed E-state index contributed by atoms with van der Waals surface area (Å²) in [6, 6.07) is 12.5. The van der Waals surface area contributed by atoms with E-state index in [1.807, 2.05) is 19.4 Å². The van der Waals surface area contributed by atoms with Gasteiger partial charge >= 0.3 is 12.1 Å². The molecule has 0 aliphatic carbocycles. The summed E-state index contributed by atoms with van der Waals surface area (Å²) < 4.78 is 69.9. The Morgan fingerprint density at radius 3 is 1.90 bits per heavy atom. The lowest BCUT2D eigenvalue weighted by molar-refractivity contribution is -0.175. The van der Waals surface area contributed by atoms with Crippen LogP contribution < -0.4 is 32.6 Å². The Balaban J connectivity index is 0.000000321. The number of ether oxygens (including phenoxy) is 12. The molecule has 2 aliphatic rings. The molecule has 0 fully saturated rings. The number of hydrogen-bond donors (Lipinski definition) is 6. The molecule has 6 heterocycles. The third kappa shape index (κ3) is 32.9. The number of benzene rings is 2. The van der Waals surface area contributed by atoms with Crippen LogP contribution in [0.15, 0.2) is 77.1 Å². The first-order chi connectivity index (χ1) is 56.1. The number of aromatic nitrogens is 7. The fourth-order valence-corrected chi connectivity index (χ4v) is 12.5. The molecule has 0 bridgehead atoms. The molecule has 2 aliphatic heterocycles. The van der Waals surface area contributed by atoms with E-state index in [4.69, 9.17) is 67.6 Å². The molecule has 0 unspecified atom stereocenters. The van der Waals surface area contributed by atoms with Crippen LogP contribution in [0.25, 0.3) is 22.3 Å². The lowest BCUT2D eigenvalue weighted by atomic mass is 9.85. The summed E-state index contributed by atoms with van der Waals surface area (Å²) in [7, 11) is 1.50. The van der Waals surface area contributed by atoms with Crippen molar-refractivity contribution in [1.82, 2.24) is 50.5 Å². The molecular formula is C82H116N12O20S. The maximum absolute atomic E-state index is 14.0. The van der Waals surface area contributed by atoms with E-state index in [2.05, 4.69) is 53.4 Å². The van der Waals surface area contributed by atoms with E-state index >= 15 is 0 Å². The molecular weight excluding hydrogens is 1510 g/mol. The van der Waals surface area contributed by atoms with Crippen LogP contribution in [0.5, 0.6) is 5.75 Å². The monoisotopic (exact) mass is 1620 g/mol. The van der Waals surface area contributed by atoms with Crippen molar-refractivity contribution in [3.8, 4) is 29.0 Å². The zero-order chi connectivity index (χ0) is 82.1. The molecule has 4 amide bonds. The van der Waals surface area contributed by atoms with Crippen molar-refractivity contribution in [2.45, 2.75) is 180 Å². The Hall–Kier alpha value is -9.05. The van der Waals surface area contributed by atoms with Crippen molar-refractivity contribution in [3.63, 3.8) is 0 Å². The Morgan fingerprint density at radius 2 is 1.32 bits per heavy atom. The molecule has 0 spiro atoms. The number of nitrogens with zero attached hydrogens (tertiary/aromatic N) is 7. The van der Waals surface area contributed by atoms with Gasteiger partial charge in [0, 0.05) is 167 Å². The number of anilines is 1. The smallest absolute Gasteiger partial charge is 0.508 e. The highest BCUT2D eigenvalue weighted by Gasteiger charge is 2.51. The molecule has 0 saturated heterocycles. The molecule has 4 aromatic heterocycles. The minimum atomic E-state index is -1.94. The van der Waals surface area contributed by atoms with Gasteiger partial charge in [-0.15, -0.1) is 5.10 Å². The van der Waals surface area contributed by atoms with Gasteiger partial charge in [-0.05, 0) is 150 Å². The summed E-state index contributed by atoms with van der Waals surface area (Å²) in [6.45, 7) is 17.7. The van der Waals surface area contributed by atoms with Gasteiger partial charge in [-0.2, -0.15) is 0 Å². The predicted molar refractivity (Wildman–Crippen MR) is 430 cm³/mol. The van der Waals surface area contributed by atoms with E-state index in [0.29, 0.717) is 209 Å². The molecule has 6 aromatic rings. The number of fused-ring (bicyclic) bond motifs is 5. The number of carbonyl (C=O) groups excluding carboxylic acids is 6. The highest BCUT2D eigenvalue weighted by atomic mass is 32.2. The number of pyridine rings is 2. The maximum atomic E-state index is 14.0. The number of methoxy groups -OCH3 is 1. The normalized spacial score (nSPS) is 13.5. The number of nitrogens with two attached hydrogens (primary N) is 1. The fraction of sp³-hybridized carbons (Fsp3) is 0.585. The third-order valence-corrected chi connectivity index (χ3v) is 18.8. The summed E-state index contributed by atoms with van der Waals surface area (Å²) >= 11 is 1.48. The Bertz CT molecular complexity index is 4070. The van der Waals surface area contributed by atoms with E-state index < -0.39 is 23.8 Å². The number of hydrogen-bond acceptors (Lipinski definition) is 27. The zero-order valence-electron chi connectivity index (χ0n) is 67.2. The van der Waals surface area contributed by atoms with Gasteiger partial charge in [-0.1, -0.05) is 61.7 Å². The first-order valence-electron chi connectivity index (χ1n) is 39.9. The first kappa shape index (κ1) is 93.1. The van der Waals surface area contributed by atoms with Crippen LogP contribution in [0.2, 0.25) is 0 Å². The van der Waals surface area contributed by atoms with Crippen molar-refractivity contribution in [2.75, 3.05) is 144 Å². The van der Waals surface area contributed by atoms with Crippen molar-refractivity contribution >= 4 is 64.1 Å². The first-order valence-corrected chi connectivity index (χ1v) is 41.1. The molecule has 2 aromatic carbocycles. The van der Waals surface area contributed by atoms with Gasteiger partial charge in [-0.25, -0.2) is 29.2 Å². The SMILES string of the molecule is CCC(=O)N[C@@H](CCCCN)C(=O)Nc1ccc(COC(=O)O[C@]2(CC)C(=O)OCc3c2cc2n(c3=O)Cc3c-2nc2ccc(O)cc2c3CC)cc1.COCC(=O)NCCCOCCCOCCCOCCCOCCCOCCCOCCCOCCCOCCn1cc(CNC(=O)CCCC#Cc2cnc(SC)nc2)nn1. The number of esters is 1. The van der Waals surface area contributed by atoms with Gasteiger partial charge in [0.05, 0.1) is 60.5 Å². The second-order valence-corrected chi connectivity index (χ2v) is 27.8. The van der Waals surface area contributed by atoms with Crippen molar-refractivity contribution in [1.29, 1.82) is 0 Å². The Morgan fingerprint density at radius 1 is 0.713 bits per heavy atom. The van der Waals surface area contributed by atoms with Gasteiger partial charge in [-0.3, -0.25) is 24.0 Å². The highest BCUT2D eigenvalue weighted by molar-refractivity contribution is 7.98. The number of unbranched alkanes of at least 4 members (excludes halogenated alkanes) is 2. The summed E-state index contributed by atoms with van der Waals surface area (Å²) in [5, 5.41) is 31.1. The largest absolute Gasteiger partial charge is 0.510 e. The quantitative estimate of drug-likeness (QED) is 0.00685. The van der Waals surface area contributed by atoms with Crippen LogP contribution in [0, 0.1) is 11.8 Å². The Labute approximate surface area is 677 Å². The van der Waals surface area contributed by atoms with E-state index in [9.17, 15) is 38.7 Å². The predicted octanol–water partition coefficient (Wildman–Crippen LogP) is 8.32. The van der Waals surface area contributed by atoms with Gasteiger partial charge < -0.3 is 93.5 Å². The number of rotatable bonds is 56. The second kappa shape index (κ2) is 54.0. The number of phenolic OH excluding ortho intramolecular Hbond substituents is 1. The summed E-state index contributed by atoms with van der Waals surface area (Å²) in [4.78, 5) is 102. The number of aromatic hydroxyl groups is 1. The van der Waals surface area contributed by atoms with Crippen molar-refractivity contribution < 1.29 is 90.7 Å². The van der Waals surface area contributed by atoms with E-state index in [1.165, 1.54) is 18.9 Å². The van der Waals surface area contributed by atoms with Crippen molar-refractivity contribution in [2.24, 2.45) is 5.73 Å². The zero-order valence-corrected chi connectivity index (χ0v) is 68.1. The lowest BCUT2D eigenvalue weighted by Gasteiger charge is -2.35. The van der Waals surface area contributed by atoms with Gasteiger partial charge in [0.1, 0.15) is 37.3 Å². The minimum Gasteiger partial charge on any atom is -0.508 e. The van der Waals surface area contributed by atoms with Gasteiger partial charge in [0.2, 0.25) is 29.2 Å². The lowest BCUT2D eigenvalue weighted by Crippen LogP contribution is -2.47. The van der Waals surface area contributed by atoms with Gasteiger partial charge in [0.25, 0.3) is 5.56 Å². The van der Waals surface area contributed by atoms with Gasteiger partial charge in [0.15, 0.2) is 5.16 Å². The van der Waals surface area contributed by atoms with Crippen LogP contribution in [-0.2, 0) is 126 Å². The number of thioether (sulfide) groups is 1. The molecule has 0 radical (unpaired) electrons. The second-order valence-electron chi connectivity index (χ2n) is 27.0. The third-order valence-electron chi connectivity index (χ3n) is 18.2. The van der Waals surface area contributed by atoms with Crippen LogP contribution >= 0.6 is 11.8 Å². The average Bonchev–Trinajstić information content (AvgIpc) is 1.62. The number of cyclic esters (lactones) is 1. The molecule has 115 heavy (non-hydrogen) atoms. The molecule has 630 valence electrons. The summed E-state index contributed by atoms with van der Waals surface area (Å²) in [5.41, 5.74) is 9.71. The minimum absolute atomic E-state index is 0.0331. The van der Waals surface area contributed by atoms with E-state index in [1.54, 1.807) is 84.0 Å². The summed E-state index contributed by atoms with van der Waals surface area (Å²) in [5.74, 6) is 4.65. The number of phenols is 1. The van der Waals surface area contributed by atoms with E-state index in [-0.39, 0.29) is 85.3 Å². The highest BCUT2D eigenvalue weighted by Crippen LogP contribution is 2.43. The molecule has 7 N–H and O–H groups in total. The molecule has 8 rings (SSSR count). The number of carbonyl (C=O) groups is 6. The fourth-order valence-electron chi connectivity index (χ4n) is 12.2. The van der Waals surface area contributed by atoms with Crippen LogP contribution in [0.4, 0.5) is 10.5 Å². The molecule has 0 saturated carbocycles. The molecule has 2 atom stereocenters. The summed E-state index contributed by atoms with van der Waals surface area (Å²) in [6.07, 6.45) is 17.2. The Kier molecular flexibility index (Phi) is 43.7. The number of aryl methyl sites for hydroxylation is 1. The van der Waals surface area contributed by atoms with Crippen molar-refractivity contribution in [3.05, 3.63) is 117 Å². The number of nitrogens with one attached hydrogen (secondary N) is 4. The molecule has 33 heteroatoms. The van der Waals surface area contributed by atoms with E-state index in [0.717, 1.165) is 79.9 Å².